The molecule has 4 rings (SSSR count). The van der Waals surface area contributed by atoms with Gasteiger partial charge in [0.2, 0.25) is 5.91 Å². The number of hydrogen-bond acceptors (Lipinski definition) is 5. The zero-order valence-electron chi connectivity index (χ0n) is 17.8. The average molecular weight is 474 g/mol. The van der Waals surface area contributed by atoms with Gasteiger partial charge in [0.05, 0.1) is 12.8 Å². The van der Waals surface area contributed by atoms with Crippen molar-refractivity contribution in [3.8, 4) is 0 Å². The molecule has 0 aliphatic carbocycles. The Morgan fingerprint density at radius 1 is 1.12 bits per heavy atom. The number of halogens is 1. The van der Waals surface area contributed by atoms with Gasteiger partial charge in [-0.1, -0.05) is 41.9 Å². The van der Waals surface area contributed by atoms with Crippen LogP contribution in [0.4, 0.5) is 0 Å². The number of hydrogen-bond donors (Lipinski definition) is 1. The number of H-pyrrole nitrogens is 1. The number of nitrogens with zero attached hydrogens (tertiary/aromatic N) is 4. The van der Waals surface area contributed by atoms with E-state index in [9.17, 15) is 13.2 Å². The number of amides is 1. The quantitative estimate of drug-likeness (QED) is 0.440. The molecule has 32 heavy (non-hydrogen) atoms. The van der Waals surface area contributed by atoms with Gasteiger partial charge in [-0.3, -0.25) is 4.79 Å². The van der Waals surface area contributed by atoms with Crippen LogP contribution in [0.25, 0.3) is 10.9 Å². The number of carbonyl (C=O) groups excluding carboxylic acids is 1. The summed E-state index contributed by atoms with van der Waals surface area (Å²) in [6, 6.07) is 14.5. The summed E-state index contributed by atoms with van der Waals surface area (Å²) < 4.78 is 27.4. The fourth-order valence-corrected chi connectivity index (χ4v) is 5.09. The zero-order valence-corrected chi connectivity index (χ0v) is 19.4. The van der Waals surface area contributed by atoms with Gasteiger partial charge in [-0.05, 0) is 29.3 Å². The molecule has 0 unspecified atom stereocenters. The normalized spacial score (nSPS) is 15.7. The van der Waals surface area contributed by atoms with Gasteiger partial charge >= 0.3 is 0 Å². The first kappa shape index (κ1) is 22.3. The van der Waals surface area contributed by atoms with E-state index in [1.165, 1.54) is 4.31 Å². The van der Waals surface area contributed by atoms with E-state index >= 15 is 0 Å². The molecular formula is C22H24ClN5O3S. The van der Waals surface area contributed by atoms with E-state index in [1.807, 2.05) is 38.4 Å². The molecule has 168 valence electrons. The molecule has 1 aromatic heterocycles. The topological polar surface area (TPSA) is 89.1 Å². The van der Waals surface area contributed by atoms with Crippen LogP contribution >= 0.6 is 11.6 Å². The zero-order chi connectivity index (χ0) is 22.9. The number of aromatic amines is 1. The Hall–Kier alpha value is -2.88. The van der Waals surface area contributed by atoms with Crippen molar-refractivity contribution in [3.05, 3.63) is 64.7 Å². The van der Waals surface area contributed by atoms with Crippen LogP contribution in [0, 0.1) is 0 Å². The highest BCUT2D eigenvalue weighted by atomic mass is 35.5. The van der Waals surface area contributed by atoms with E-state index < -0.39 is 10.0 Å². The maximum Gasteiger partial charge on any atom is 0.259 e. The molecule has 0 radical (unpaired) electrons. The summed E-state index contributed by atoms with van der Waals surface area (Å²) in [5, 5.41) is 7.24. The Morgan fingerprint density at radius 2 is 1.88 bits per heavy atom. The molecule has 3 aromatic rings. The number of hydrazone groups is 1. The number of rotatable bonds is 6. The first-order chi connectivity index (χ1) is 15.2. The lowest BCUT2D eigenvalue weighted by atomic mass is 10.1. The molecule has 10 heteroatoms. The summed E-state index contributed by atoms with van der Waals surface area (Å²) in [5.74, 6) is -0.225. The maximum atomic E-state index is 13.1. The lowest BCUT2D eigenvalue weighted by Gasteiger charge is -2.33. The molecule has 0 saturated carbocycles. The van der Waals surface area contributed by atoms with E-state index in [2.05, 4.69) is 10.1 Å². The second kappa shape index (κ2) is 8.93. The molecule has 2 aromatic carbocycles. The van der Waals surface area contributed by atoms with Crippen LogP contribution in [0.5, 0.6) is 0 Å². The Bertz CT molecular complexity index is 1270. The Kier molecular flexibility index (Phi) is 6.23. The summed E-state index contributed by atoms with van der Waals surface area (Å²) >= 11 is 5.99. The van der Waals surface area contributed by atoms with Gasteiger partial charge in [0.1, 0.15) is 5.03 Å². The van der Waals surface area contributed by atoms with Crippen LogP contribution in [-0.2, 0) is 21.4 Å². The van der Waals surface area contributed by atoms with Crippen molar-refractivity contribution in [2.75, 3.05) is 33.7 Å². The molecule has 1 amide bonds. The molecule has 0 atom stereocenters. The highest BCUT2D eigenvalue weighted by Crippen LogP contribution is 2.25. The molecule has 1 N–H and O–H groups in total. The second-order valence-corrected chi connectivity index (χ2v) is 10.2. The Morgan fingerprint density at radius 3 is 2.56 bits per heavy atom. The van der Waals surface area contributed by atoms with E-state index in [-0.39, 0.29) is 24.0 Å². The third kappa shape index (κ3) is 4.79. The third-order valence-electron chi connectivity index (χ3n) is 5.25. The molecule has 0 bridgehead atoms. The monoisotopic (exact) mass is 473 g/mol. The summed E-state index contributed by atoms with van der Waals surface area (Å²) in [4.78, 5) is 17.3. The lowest BCUT2D eigenvalue weighted by molar-refractivity contribution is -0.134. The number of sulfonamides is 1. The van der Waals surface area contributed by atoms with Gasteiger partial charge in [-0.2, -0.15) is 9.41 Å². The fraction of sp³-hybridized carbons (Fsp3) is 0.273. The predicted molar refractivity (Wildman–Crippen MR) is 125 cm³/mol. The van der Waals surface area contributed by atoms with Crippen molar-refractivity contribution < 1.29 is 13.2 Å². The van der Waals surface area contributed by atoms with Crippen molar-refractivity contribution in [1.29, 1.82) is 0 Å². The highest BCUT2D eigenvalue weighted by Gasteiger charge is 2.33. The number of benzene rings is 2. The number of nitrogens with one attached hydrogen (secondary N) is 1. The Balaban J connectivity index is 1.42. The van der Waals surface area contributed by atoms with Gasteiger partial charge < -0.3 is 14.9 Å². The van der Waals surface area contributed by atoms with Gasteiger partial charge in [-0.15, -0.1) is 0 Å². The first-order valence-corrected chi connectivity index (χ1v) is 11.9. The summed E-state index contributed by atoms with van der Waals surface area (Å²) in [7, 11) is -0.114. The number of aromatic nitrogens is 1. The molecule has 0 spiro atoms. The van der Waals surface area contributed by atoms with Crippen molar-refractivity contribution in [2.45, 2.75) is 11.6 Å². The van der Waals surface area contributed by atoms with Crippen LogP contribution in [0.15, 0.2) is 58.7 Å². The SMILES string of the molecule is CN(C)/N=C/c1ccc(CN2CCN(S(=O)(=O)c3cc4ccc(Cl)cc4[nH]3)CC2=O)cc1. The fourth-order valence-electron chi connectivity index (χ4n) is 3.52. The average Bonchev–Trinajstić information content (AvgIpc) is 3.18. The molecule has 1 saturated heterocycles. The predicted octanol–water partition coefficient (Wildman–Crippen LogP) is 2.75. The third-order valence-corrected chi connectivity index (χ3v) is 7.25. The van der Waals surface area contributed by atoms with Crippen LogP contribution in [0.3, 0.4) is 0 Å². The summed E-state index contributed by atoms with van der Waals surface area (Å²) in [5.41, 5.74) is 2.58. The van der Waals surface area contributed by atoms with Crippen LogP contribution < -0.4 is 0 Å². The van der Waals surface area contributed by atoms with Crippen molar-refractivity contribution in [2.24, 2.45) is 5.10 Å². The van der Waals surface area contributed by atoms with E-state index in [1.54, 1.807) is 40.4 Å². The van der Waals surface area contributed by atoms with Gasteiger partial charge in [0.25, 0.3) is 10.0 Å². The van der Waals surface area contributed by atoms with Crippen molar-refractivity contribution >= 4 is 44.6 Å². The maximum absolute atomic E-state index is 13.1. The van der Waals surface area contributed by atoms with Gasteiger partial charge in [0, 0.05) is 49.7 Å². The summed E-state index contributed by atoms with van der Waals surface area (Å²) in [6.45, 7) is 0.806. The number of piperazine rings is 1. The highest BCUT2D eigenvalue weighted by molar-refractivity contribution is 7.89. The van der Waals surface area contributed by atoms with Crippen LogP contribution in [0.2, 0.25) is 5.02 Å². The van der Waals surface area contributed by atoms with E-state index in [0.29, 0.717) is 23.6 Å². The molecule has 1 aliphatic heterocycles. The summed E-state index contributed by atoms with van der Waals surface area (Å²) in [6.07, 6.45) is 1.76. The number of fused-ring (bicyclic) bond motifs is 1. The van der Waals surface area contributed by atoms with Crippen LogP contribution in [-0.4, -0.2) is 73.5 Å². The van der Waals surface area contributed by atoms with E-state index in [0.717, 1.165) is 16.5 Å². The van der Waals surface area contributed by atoms with Crippen molar-refractivity contribution in [1.82, 2.24) is 19.2 Å². The second-order valence-electron chi connectivity index (χ2n) is 7.85. The van der Waals surface area contributed by atoms with Gasteiger partial charge in [-0.25, -0.2) is 8.42 Å². The van der Waals surface area contributed by atoms with Crippen molar-refractivity contribution in [3.63, 3.8) is 0 Å². The Labute approximate surface area is 192 Å². The molecule has 1 aliphatic rings. The first-order valence-electron chi connectivity index (χ1n) is 10.1. The number of carbonyl (C=O) groups is 1. The lowest BCUT2D eigenvalue weighted by Crippen LogP contribution is -2.51. The minimum absolute atomic E-state index is 0.0611. The minimum atomic E-state index is -3.82. The molecule has 8 nitrogen and oxygen atoms in total. The molecular weight excluding hydrogens is 450 g/mol. The molecule has 1 fully saturated rings. The largest absolute Gasteiger partial charge is 0.344 e. The van der Waals surface area contributed by atoms with E-state index in [4.69, 9.17) is 11.6 Å². The molecule has 2 heterocycles. The standard InChI is InChI=1S/C22H24ClN5O3S/c1-26(2)24-13-16-3-5-17(6-4-16)14-27-9-10-28(15-22(27)29)32(30,31)21-11-18-7-8-19(23)12-20(18)25-21/h3-8,11-13,25H,9-10,14-15H2,1-2H3/b24-13+. The van der Waals surface area contributed by atoms with Gasteiger partial charge in [0.15, 0.2) is 0 Å². The minimum Gasteiger partial charge on any atom is -0.344 e. The van der Waals surface area contributed by atoms with Crippen LogP contribution in [0.1, 0.15) is 11.1 Å². The smallest absolute Gasteiger partial charge is 0.259 e.